The zero-order chi connectivity index (χ0) is 7.68. The first-order valence-corrected chi connectivity index (χ1v) is 4.48. The monoisotopic (exact) mass is 163 g/mol. The SMILES string of the molecule is NC1=CSC2C=CC=CC2=C1. The van der Waals surface area contributed by atoms with Crippen molar-refractivity contribution < 1.29 is 0 Å². The molecule has 0 spiro atoms. The van der Waals surface area contributed by atoms with Gasteiger partial charge in [-0.1, -0.05) is 24.3 Å². The lowest BCUT2D eigenvalue weighted by molar-refractivity contribution is 1.25. The van der Waals surface area contributed by atoms with Gasteiger partial charge in [-0.25, -0.2) is 0 Å². The van der Waals surface area contributed by atoms with E-state index in [0.29, 0.717) is 5.25 Å². The van der Waals surface area contributed by atoms with Crippen molar-refractivity contribution in [1.29, 1.82) is 0 Å². The molecule has 1 aliphatic heterocycles. The van der Waals surface area contributed by atoms with Crippen LogP contribution in [0.1, 0.15) is 0 Å². The summed E-state index contributed by atoms with van der Waals surface area (Å²) in [5.41, 5.74) is 7.81. The lowest BCUT2D eigenvalue weighted by Gasteiger charge is -2.18. The fourth-order valence-corrected chi connectivity index (χ4v) is 2.03. The summed E-state index contributed by atoms with van der Waals surface area (Å²) >= 11 is 1.76. The number of nitrogens with two attached hydrogens (primary N) is 1. The van der Waals surface area contributed by atoms with Gasteiger partial charge in [-0.15, -0.1) is 11.8 Å². The fraction of sp³-hybridized carbons (Fsp3) is 0.111. The van der Waals surface area contributed by atoms with Crippen molar-refractivity contribution in [2.24, 2.45) is 5.73 Å². The molecule has 1 nitrogen and oxygen atoms in total. The molecular weight excluding hydrogens is 154 g/mol. The van der Waals surface area contributed by atoms with Crippen molar-refractivity contribution in [2.45, 2.75) is 5.25 Å². The molecule has 2 rings (SSSR count). The molecular formula is C9H9NS. The zero-order valence-corrected chi connectivity index (χ0v) is 6.84. The highest BCUT2D eigenvalue weighted by Gasteiger charge is 2.13. The van der Waals surface area contributed by atoms with Crippen LogP contribution in [-0.4, -0.2) is 5.25 Å². The summed E-state index contributed by atoms with van der Waals surface area (Å²) in [6.45, 7) is 0. The summed E-state index contributed by atoms with van der Waals surface area (Å²) < 4.78 is 0. The topological polar surface area (TPSA) is 26.0 Å². The molecule has 1 atom stereocenters. The third-order valence-corrected chi connectivity index (χ3v) is 2.83. The highest BCUT2D eigenvalue weighted by molar-refractivity contribution is 8.03. The Morgan fingerprint density at radius 2 is 2.27 bits per heavy atom. The van der Waals surface area contributed by atoms with Gasteiger partial charge in [0.05, 0.1) is 5.25 Å². The number of fused-ring (bicyclic) bond motifs is 1. The molecule has 0 saturated heterocycles. The van der Waals surface area contributed by atoms with E-state index in [4.69, 9.17) is 5.73 Å². The van der Waals surface area contributed by atoms with Crippen LogP contribution >= 0.6 is 11.8 Å². The molecule has 11 heavy (non-hydrogen) atoms. The molecule has 56 valence electrons. The van der Waals surface area contributed by atoms with Gasteiger partial charge in [0.2, 0.25) is 0 Å². The molecule has 0 aromatic rings. The van der Waals surface area contributed by atoms with Crippen molar-refractivity contribution >= 4 is 11.8 Å². The lowest BCUT2D eigenvalue weighted by Crippen LogP contribution is -2.09. The average Bonchev–Trinajstić information content (AvgIpc) is 2.04. The van der Waals surface area contributed by atoms with Crippen molar-refractivity contribution in [2.75, 3.05) is 0 Å². The molecule has 1 heterocycles. The molecule has 0 radical (unpaired) electrons. The smallest absolute Gasteiger partial charge is 0.0523 e. The normalized spacial score (nSPS) is 27.5. The molecule has 2 aliphatic rings. The first kappa shape index (κ1) is 6.80. The van der Waals surface area contributed by atoms with E-state index < -0.39 is 0 Å². The number of allylic oxidation sites excluding steroid dienone is 4. The molecule has 0 fully saturated rings. The maximum Gasteiger partial charge on any atom is 0.0523 e. The van der Waals surface area contributed by atoms with E-state index in [2.05, 4.69) is 18.2 Å². The first-order valence-electron chi connectivity index (χ1n) is 3.54. The van der Waals surface area contributed by atoms with Gasteiger partial charge in [-0.05, 0) is 17.1 Å². The van der Waals surface area contributed by atoms with Crippen molar-refractivity contribution in [1.82, 2.24) is 0 Å². The first-order chi connectivity index (χ1) is 5.36. The minimum atomic E-state index is 0.493. The number of hydrogen-bond acceptors (Lipinski definition) is 2. The summed E-state index contributed by atoms with van der Waals surface area (Å²) in [5, 5.41) is 2.49. The summed E-state index contributed by atoms with van der Waals surface area (Å²) in [5.74, 6) is 0. The third kappa shape index (κ3) is 1.26. The Kier molecular flexibility index (Phi) is 1.62. The van der Waals surface area contributed by atoms with Gasteiger partial charge in [0, 0.05) is 5.70 Å². The van der Waals surface area contributed by atoms with Crippen LogP contribution in [0.3, 0.4) is 0 Å². The van der Waals surface area contributed by atoms with E-state index in [1.165, 1.54) is 5.57 Å². The fourth-order valence-electron chi connectivity index (χ4n) is 1.17. The largest absolute Gasteiger partial charge is 0.398 e. The average molecular weight is 163 g/mol. The Balaban J connectivity index is 2.33. The van der Waals surface area contributed by atoms with Gasteiger partial charge in [0.25, 0.3) is 0 Å². The van der Waals surface area contributed by atoms with Crippen molar-refractivity contribution in [3.8, 4) is 0 Å². The summed E-state index contributed by atoms with van der Waals surface area (Å²) in [4.78, 5) is 0. The van der Waals surface area contributed by atoms with Crippen molar-refractivity contribution in [3.05, 3.63) is 47.1 Å². The van der Waals surface area contributed by atoms with E-state index in [1.807, 2.05) is 17.6 Å². The highest BCUT2D eigenvalue weighted by atomic mass is 32.2. The second-order valence-electron chi connectivity index (χ2n) is 2.56. The molecule has 0 bridgehead atoms. The van der Waals surface area contributed by atoms with Crippen LogP contribution in [0.15, 0.2) is 47.1 Å². The van der Waals surface area contributed by atoms with E-state index in [0.717, 1.165) is 5.70 Å². The van der Waals surface area contributed by atoms with E-state index in [9.17, 15) is 0 Å². The second-order valence-corrected chi connectivity index (χ2v) is 3.58. The maximum absolute atomic E-state index is 5.65. The third-order valence-electron chi connectivity index (χ3n) is 1.70. The predicted molar refractivity (Wildman–Crippen MR) is 50.0 cm³/mol. The standard InChI is InChI=1S/C9H9NS/c10-8-5-7-3-1-2-4-9(7)11-6-8/h1-6,9H,10H2. The molecule has 2 heteroatoms. The minimum absolute atomic E-state index is 0.493. The molecule has 2 N–H and O–H groups in total. The summed E-state index contributed by atoms with van der Waals surface area (Å²) in [6, 6.07) is 0. The predicted octanol–water partition coefficient (Wildman–Crippen LogP) is 1.95. The summed E-state index contributed by atoms with van der Waals surface area (Å²) in [7, 11) is 0. The van der Waals surface area contributed by atoms with Crippen LogP contribution in [-0.2, 0) is 0 Å². The van der Waals surface area contributed by atoms with Crippen molar-refractivity contribution in [3.63, 3.8) is 0 Å². The quantitative estimate of drug-likeness (QED) is 0.590. The molecule has 0 amide bonds. The van der Waals surface area contributed by atoms with Gasteiger partial charge in [-0.2, -0.15) is 0 Å². The zero-order valence-electron chi connectivity index (χ0n) is 6.03. The van der Waals surface area contributed by atoms with E-state index in [1.54, 1.807) is 11.8 Å². The number of thioether (sulfide) groups is 1. The second kappa shape index (κ2) is 2.62. The van der Waals surface area contributed by atoms with Crippen LogP contribution in [0.2, 0.25) is 0 Å². The van der Waals surface area contributed by atoms with Gasteiger partial charge >= 0.3 is 0 Å². The minimum Gasteiger partial charge on any atom is -0.398 e. The number of hydrogen-bond donors (Lipinski definition) is 1. The number of rotatable bonds is 0. The van der Waals surface area contributed by atoms with Crippen LogP contribution in [0.5, 0.6) is 0 Å². The van der Waals surface area contributed by atoms with Gasteiger partial charge < -0.3 is 5.73 Å². The van der Waals surface area contributed by atoms with E-state index in [-0.39, 0.29) is 0 Å². The Labute approximate surface area is 70.4 Å². The van der Waals surface area contributed by atoms with Gasteiger partial charge in [0.15, 0.2) is 0 Å². The van der Waals surface area contributed by atoms with Crippen LogP contribution in [0.4, 0.5) is 0 Å². The summed E-state index contributed by atoms with van der Waals surface area (Å²) in [6.07, 6.45) is 10.4. The van der Waals surface area contributed by atoms with Gasteiger partial charge in [-0.3, -0.25) is 0 Å². The Morgan fingerprint density at radius 1 is 1.36 bits per heavy atom. The Morgan fingerprint density at radius 3 is 3.18 bits per heavy atom. The molecule has 1 aliphatic carbocycles. The lowest BCUT2D eigenvalue weighted by atomic mass is 10.1. The van der Waals surface area contributed by atoms with Crippen LogP contribution in [0, 0.1) is 0 Å². The molecule has 0 saturated carbocycles. The maximum atomic E-state index is 5.65. The molecule has 1 unspecified atom stereocenters. The van der Waals surface area contributed by atoms with Gasteiger partial charge in [0.1, 0.15) is 0 Å². The molecule has 0 aromatic heterocycles. The van der Waals surface area contributed by atoms with Crippen LogP contribution in [0.25, 0.3) is 0 Å². The molecule has 0 aromatic carbocycles. The highest BCUT2D eigenvalue weighted by Crippen LogP contribution is 2.30. The van der Waals surface area contributed by atoms with Crippen LogP contribution < -0.4 is 5.73 Å². The Hall–Kier alpha value is -0.890. The van der Waals surface area contributed by atoms with E-state index >= 15 is 0 Å². The Bertz CT molecular complexity index is 284.